The Kier molecular flexibility index (Phi) is 10.9. The van der Waals surface area contributed by atoms with Gasteiger partial charge in [0.2, 0.25) is 0 Å². The van der Waals surface area contributed by atoms with Crippen molar-refractivity contribution in [3.8, 4) is 0 Å². The van der Waals surface area contributed by atoms with E-state index in [2.05, 4.69) is 55.4 Å². The predicted octanol–water partition coefficient (Wildman–Crippen LogP) is 6.80. The lowest BCUT2D eigenvalue weighted by Crippen LogP contribution is -2.29. The van der Waals surface area contributed by atoms with E-state index in [0.29, 0.717) is 35.9 Å². The summed E-state index contributed by atoms with van der Waals surface area (Å²) in [6, 6.07) is 0. The van der Waals surface area contributed by atoms with Gasteiger partial charge in [-0.3, -0.25) is 9.59 Å². The molecule has 0 saturated heterocycles. The minimum Gasteiger partial charge on any atom is -0.465 e. The molecule has 1 fully saturated rings. The van der Waals surface area contributed by atoms with E-state index in [4.69, 9.17) is 9.47 Å². The van der Waals surface area contributed by atoms with Crippen molar-refractivity contribution in [2.45, 2.75) is 107 Å². The number of ether oxygens (including phenoxy) is 2. The molecule has 4 heteroatoms. The lowest BCUT2D eigenvalue weighted by Gasteiger charge is -2.27. The van der Waals surface area contributed by atoms with Crippen molar-refractivity contribution in [1.82, 2.24) is 0 Å². The van der Waals surface area contributed by atoms with Crippen LogP contribution >= 0.6 is 0 Å². The maximum absolute atomic E-state index is 12.4. The second-order valence-electron chi connectivity index (χ2n) is 12.2. The Morgan fingerprint density at radius 1 is 0.700 bits per heavy atom. The van der Waals surface area contributed by atoms with E-state index in [0.717, 1.165) is 51.4 Å². The summed E-state index contributed by atoms with van der Waals surface area (Å²) in [7, 11) is 0. The van der Waals surface area contributed by atoms with Gasteiger partial charge in [-0.2, -0.15) is 0 Å². The van der Waals surface area contributed by atoms with Crippen LogP contribution < -0.4 is 0 Å². The molecule has 0 amide bonds. The molecule has 0 unspecified atom stereocenters. The summed E-state index contributed by atoms with van der Waals surface area (Å²) in [5, 5.41) is 0. The molecular weight excluding hydrogens is 376 g/mol. The van der Waals surface area contributed by atoms with Crippen LogP contribution in [0.2, 0.25) is 0 Å². The predicted molar refractivity (Wildman–Crippen MR) is 123 cm³/mol. The molecule has 0 N–H and O–H groups in total. The van der Waals surface area contributed by atoms with Crippen LogP contribution in [0.15, 0.2) is 0 Å². The number of hydrogen-bond donors (Lipinski definition) is 0. The normalized spacial score (nSPS) is 22.3. The second kappa shape index (κ2) is 12.1. The molecule has 0 spiro atoms. The summed E-state index contributed by atoms with van der Waals surface area (Å²) in [4.78, 5) is 24.7. The molecule has 0 heterocycles. The monoisotopic (exact) mass is 424 g/mol. The highest BCUT2D eigenvalue weighted by Gasteiger charge is 2.31. The fourth-order valence-corrected chi connectivity index (χ4v) is 4.82. The van der Waals surface area contributed by atoms with Gasteiger partial charge in [0.05, 0.1) is 25.0 Å². The van der Waals surface area contributed by atoms with E-state index in [9.17, 15) is 9.59 Å². The number of rotatable bonds is 10. The molecule has 0 radical (unpaired) electrons. The largest absolute Gasteiger partial charge is 0.465 e. The van der Waals surface area contributed by atoms with Gasteiger partial charge in [0, 0.05) is 0 Å². The number of carbonyl (C=O) groups excluding carboxylic acids is 2. The average molecular weight is 425 g/mol. The van der Waals surface area contributed by atoms with Crippen LogP contribution in [0.3, 0.4) is 0 Å². The number of carbonyl (C=O) groups is 2. The molecule has 0 aromatic carbocycles. The van der Waals surface area contributed by atoms with Crippen molar-refractivity contribution in [2.75, 3.05) is 13.2 Å². The molecule has 0 aliphatic heterocycles. The maximum Gasteiger partial charge on any atom is 0.308 e. The van der Waals surface area contributed by atoms with E-state index in [1.807, 2.05) is 0 Å². The van der Waals surface area contributed by atoms with Gasteiger partial charge in [0.25, 0.3) is 0 Å². The molecule has 0 aromatic rings. The summed E-state index contributed by atoms with van der Waals surface area (Å²) >= 11 is 0. The lowest BCUT2D eigenvalue weighted by molar-refractivity contribution is -0.155. The zero-order valence-electron chi connectivity index (χ0n) is 21.0. The van der Waals surface area contributed by atoms with E-state index < -0.39 is 0 Å². The summed E-state index contributed by atoms with van der Waals surface area (Å²) in [5.74, 6) is 0.822. The van der Waals surface area contributed by atoms with Gasteiger partial charge in [0.15, 0.2) is 0 Å². The topological polar surface area (TPSA) is 52.6 Å². The summed E-state index contributed by atoms with van der Waals surface area (Å²) in [6.45, 7) is 18.9. The SMILES string of the molecule is C[C@@H](CCOC(=O)C1CCC(C(=O)OCC[C@H](C)CC(C)(C)C)CC1)CC(C)(C)C. The third-order valence-electron chi connectivity index (χ3n) is 6.03. The molecule has 176 valence electrons. The van der Waals surface area contributed by atoms with E-state index in [1.54, 1.807) is 0 Å². The Labute approximate surface area is 185 Å². The van der Waals surface area contributed by atoms with Crippen LogP contribution in [0.5, 0.6) is 0 Å². The van der Waals surface area contributed by atoms with E-state index >= 15 is 0 Å². The Balaban J connectivity index is 2.22. The maximum atomic E-state index is 12.4. The van der Waals surface area contributed by atoms with E-state index in [1.165, 1.54) is 0 Å². The molecular formula is C26H48O4. The van der Waals surface area contributed by atoms with Crippen LogP contribution in [0.1, 0.15) is 107 Å². The molecule has 4 nitrogen and oxygen atoms in total. The quantitative estimate of drug-likeness (QED) is 0.362. The van der Waals surface area contributed by atoms with Gasteiger partial charge in [-0.05, 0) is 74.0 Å². The Hall–Kier alpha value is -1.06. The van der Waals surface area contributed by atoms with Crippen molar-refractivity contribution in [3.05, 3.63) is 0 Å². The first kappa shape index (κ1) is 27.0. The number of esters is 2. The first-order valence-corrected chi connectivity index (χ1v) is 12.1. The zero-order chi connectivity index (χ0) is 22.9. The second-order valence-corrected chi connectivity index (χ2v) is 12.2. The Morgan fingerprint density at radius 2 is 1.00 bits per heavy atom. The Bertz CT molecular complexity index is 470. The molecule has 30 heavy (non-hydrogen) atoms. The third-order valence-corrected chi connectivity index (χ3v) is 6.03. The van der Waals surface area contributed by atoms with Crippen LogP contribution in [0.25, 0.3) is 0 Å². The third kappa shape index (κ3) is 12.0. The van der Waals surface area contributed by atoms with Crippen LogP contribution in [-0.4, -0.2) is 25.2 Å². The van der Waals surface area contributed by atoms with Crippen LogP contribution in [-0.2, 0) is 19.1 Å². The molecule has 1 rings (SSSR count). The minimum atomic E-state index is -0.0826. The standard InChI is InChI=1S/C26H48O4/c1-19(17-25(3,4)5)13-15-29-23(27)21-9-11-22(12-10-21)24(28)30-16-14-20(2)18-26(6,7)8/h19-22H,9-18H2,1-8H3/t19-,20-,21?,22?/m0/s1. The first-order chi connectivity index (χ1) is 13.8. The highest BCUT2D eigenvalue weighted by atomic mass is 16.5. The first-order valence-electron chi connectivity index (χ1n) is 12.1. The molecule has 0 aromatic heterocycles. The lowest BCUT2D eigenvalue weighted by atomic mass is 9.82. The Morgan fingerprint density at radius 3 is 1.27 bits per heavy atom. The van der Waals surface area contributed by atoms with Gasteiger partial charge < -0.3 is 9.47 Å². The highest BCUT2D eigenvalue weighted by Crippen LogP contribution is 2.31. The molecule has 0 bridgehead atoms. The molecule has 2 atom stereocenters. The molecule has 1 aliphatic rings. The number of hydrogen-bond acceptors (Lipinski definition) is 4. The van der Waals surface area contributed by atoms with Gasteiger partial charge in [0.1, 0.15) is 0 Å². The smallest absolute Gasteiger partial charge is 0.308 e. The van der Waals surface area contributed by atoms with Gasteiger partial charge in [-0.1, -0.05) is 55.4 Å². The van der Waals surface area contributed by atoms with Crippen molar-refractivity contribution in [3.63, 3.8) is 0 Å². The van der Waals surface area contributed by atoms with Crippen LogP contribution in [0.4, 0.5) is 0 Å². The molecule has 1 saturated carbocycles. The fraction of sp³-hybridized carbons (Fsp3) is 0.923. The zero-order valence-corrected chi connectivity index (χ0v) is 21.0. The average Bonchev–Trinajstić information content (AvgIpc) is 2.58. The van der Waals surface area contributed by atoms with Gasteiger partial charge >= 0.3 is 11.9 Å². The van der Waals surface area contributed by atoms with Crippen molar-refractivity contribution in [1.29, 1.82) is 0 Å². The van der Waals surface area contributed by atoms with Crippen molar-refractivity contribution >= 4 is 11.9 Å². The van der Waals surface area contributed by atoms with Crippen molar-refractivity contribution in [2.24, 2.45) is 34.5 Å². The summed E-state index contributed by atoms with van der Waals surface area (Å²) in [5.41, 5.74) is 0.613. The summed E-state index contributed by atoms with van der Waals surface area (Å²) < 4.78 is 11.1. The van der Waals surface area contributed by atoms with Gasteiger partial charge in [-0.25, -0.2) is 0 Å². The molecule has 1 aliphatic carbocycles. The van der Waals surface area contributed by atoms with Crippen LogP contribution in [0, 0.1) is 34.5 Å². The fourth-order valence-electron chi connectivity index (χ4n) is 4.82. The highest BCUT2D eigenvalue weighted by molar-refractivity contribution is 5.75. The minimum absolute atomic E-state index is 0.0567. The van der Waals surface area contributed by atoms with Gasteiger partial charge in [-0.15, -0.1) is 0 Å². The van der Waals surface area contributed by atoms with E-state index in [-0.39, 0.29) is 23.8 Å². The summed E-state index contributed by atoms with van der Waals surface area (Å²) in [6.07, 6.45) is 7.02. The van der Waals surface area contributed by atoms with Crippen molar-refractivity contribution < 1.29 is 19.1 Å².